The predicted molar refractivity (Wildman–Crippen MR) is 87.2 cm³/mol. The van der Waals surface area contributed by atoms with Crippen molar-refractivity contribution in [2.75, 3.05) is 4.90 Å². The fraction of sp³-hybridized carbons (Fsp3) is 0.333. The second-order valence-corrected chi connectivity index (χ2v) is 7.00. The highest BCUT2D eigenvalue weighted by Gasteiger charge is 2.29. The van der Waals surface area contributed by atoms with E-state index in [4.69, 9.17) is 11.6 Å². The van der Waals surface area contributed by atoms with Crippen LogP contribution in [-0.4, -0.2) is 6.04 Å². The maximum Gasteiger partial charge on any atom is 0.0525 e. The van der Waals surface area contributed by atoms with Crippen molar-refractivity contribution in [1.29, 1.82) is 0 Å². The van der Waals surface area contributed by atoms with Crippen LogP contribution in [0.1, 0.15) is 23.3 Å². The molecule has 1 fully saturated rings. The lowest BCUT2D eigenvalue weighted by Gasteiger charge is -2.24. The highest BCUT2D eigenvalue weighted by atomic mass is 79.9. The number of benzene rings is 1. The predicted octanol–water partition coefficient (Wildman–Crippen LogP) is 5.42. The Bertz CT molecular complexity index is 551. The largest absolute Gasteiger partial charge is 0.363 e. The summed E-state index contributed by atoms with van der Waals surface area (Å²) < 4.78 is 1.11. The van der Waals surface area contributed by atoms with Crippen LogP contribution < -0.4 is 4.90 Å². The number of rotatable bonds is 5. The standard InChI is InChI=1S/C15H15BrClNS/c16-15-8-13(4-3-11(15)9-17)18(12-5-6-12)10-14-2-1-7-19-14/h1-4,7-8,12H,5-6,9-10H2. The van der Waals surface area contributed by atoms with Gasteiger partial charge < -0.3 is 4.90 Å². The van der Waals surface area contributed by atoms with Gasteiger partial charge in [-0.3, -0.25) is 0 Å². The van der Waals surface area contributed by atoms with Gasteiger partial charge in [-0.05, 0) is 42.0 Å². The number of nitrogens with zero attached hydrogens (tertiary/aromatic N) is 1. The molecular weight excluding hydrogens is 342 g/mol. The van der Waals surface area contributed by atoms with Gasteiger partial charge in [-0.15, -0.1) is 22.9 Å². The molecule has 0 saturated heterocycles. The van der Waals surface area contributed by atoms with Crippen LogP contribution in [0.3, 0.4) is 0 Å². The smallest absolute Gasteiger partial charge is 0.0525 e. The Labute approximate surface area is 131 Å². The Morgan fingerprint density at radius 2 is 2.16 bits per heavy atom. The van der Waals surface area contributed by atoms with Crippen LogP contribution in [0.2, 0.25) is 0 Å². The Balaban J connectivity index is 1.85. The molecule has 4 heteroatoms. The molecule has 1 aromatic heterocycles. The Kier molecular flexibility index (Phi) is 4.15. The first kappa shape index (κ1) is 13.5. The van der Waals surface area contributed by atoms with Crippen LogP contribution in [-0.2, 0) is 12.4 Å². The molecule has 0 aliphatic heterocycles. The molecule has 1 aliphatic carbocycles. The maximum atomic E-state index is 5.91. The number of thiophene rings is 1. The zero-order chi connectivity index (χ0) is 13.2. The minimum absolute atomic E-state index is 0.551. The number of alkyl halides is 1. The molecule has 0 atom stereocenters. The molecule has 0 spiro atoms. The third-order valence-electron chi connectivity index (χ3n) is 3.41. The van der Waals surface area contributed by atoms with E-state index < -0.39 is 0 Å². The van der Waals surface area contributed by atoms with Crippen molar-refractivity contribution in [1.82, 2.24) is 0 Å². The third-order valence-corrected chi connectivity index (χ3v) is 5.29. The fourth-order valence-corrected chi connectivity index (χ4v) is 3.82. The van der Waals surface area contributed by atoms with E-state index in [0.717, 1.165) is 16.6 Å². The second kappa shape index (κ2) is 5.86. The van der Waals surface area contributed by atoms with Gasteiger partial charge in [-0.2, -0.15) is 0 Å². The SMILES string of the molecule is ClCc1ccc(N(Cc2cccs2)C2CC2)cc1Br. The quantitative estimate of drug-likeness (QED) is 0.647. The van der Waals surface area contributed by atoms with Gasteiger partial charge in [0.15, 0.2) is 0 Å². The molecule has 0 radical (unpaired) electrons. The third kappa shape index (κ3) is 3.15. The molecule has 1 heterocycles. The van der Waals surface area contributed by atoms with E-state index in [0.29, 0.717) is 11.9 Å². The van der Waals surface area contributed by atoms with Gasteiger partial charge in [0.05, 0.1) is 6.54 Å². The lowest BCUT2D eigenvalue weighted by atomic mass is 10.2. The minimum atomic E-state index is 0.551. The maximum absolute atomic E-state index is 5.91. The summed E-state index contributed by atoms with van der Waals surface area (Å²) in [6.07, 6.45) is 2.61. The summed E-state index contributed by atoms with van der Waals surface area (Å²) in [6.45, 7) is 1.01. The summed E-state index contributed by atoms with van der Waals surface area (Å²) >= 11 is 11.4. The normalized spacial score (nSPS) is 14.6. The van der Waals surface area contributed by atoms with E-state index in [2.05, 4.69) is 56.5 Å². The molecule has 0 unspecified atom stereocenters. The molecular formula is C15H15BrClNS. The fourth-order valence-electron chi connectivity index (χ4n) is 2.21. The van der Waals surface area contributed by atoms with E-state index in [9.17, 15) is 0 Å². The van der Waals surface area contributed by atoms with Crippen molar-refractivity contribution >= 4 is 44.6 Å². The van der Waals surface area contributed by atoms with Crippen LogP contribution >= 0.6 is 38.9 Å². The van der Waals surface area contributed by atoms with E-state index in [-0.39, 0.29) is 0 Å². The molecule has 2 aromatic rings. The van der Waals surface area contributed by atoms with Crippen LogP contribution in [0.25, 0.3) is 0 Å². The van der Waals surface area contributed by atoms with Crippen LogP contribution in [0.5, 0.6) is 0 Å². The average molecular weight is 357 g/mol. The monoisotopic (exact) mass is 355 g/mol. The summed E-state index contributed by atoms with van der Waals surface area (Å²) in [7, 11) is 0. The molecule has 0 amide bonds. The van der Waals surface area contributed by atoms with Crippen molar-refractivity contribution in [3.63, 3.8) is 0 Å². The lowest BCUT2D eigenvalue weighted by Crippen LogP contribution is -2.24. The minimum Gasteiger partial charge on any atom is -0.363 e. The molecule has 100 valence electrons. The number of halogens is 2. The van der Waals surface area contributed by atoms with Gasteiger partial charge in [-0.25, -0.2) is 0 Å². The van der Waals surface area contributed by atoms with Gasteiger partial charge >= 0.3 is 0 Å². The first-order chi connectivity index (χ1) is 9.28. The summed E-state index contributed by atoms with van der Waals surface area (Å²) in [5, 5.41) is 2.15. The number of anilines is 1. The molecule has 1 nitrogen and oxygen atoms in total. The van der Waals surface area contributed by atoms with Crippen molar-refractivity contribution in [2.45, 2.75) is 31.3 Å². The van der Waals surface area contributed by atoms with Crippen molar-refractivity contribution < 1.29 is 0 Å². The van der Waals surface area contributed by atoms with Crippen molar-refractivity contribution in [2.24, 2.45) is 0 Å². The molecule has 1 aromatic carbocycles. The van der Waals surface area contributed by atoms with E-state index in [1.165, 1.54) is 23.4 Å². The Morgan fingerprint density at radius 3 is 2.74 bits per heavy atom. The lowest BCUT2D eigenvalue weighted by molar-refractivity contribution is 0.803. The first-order valence-corrected chi connectivity index (χ1v) is 8.62. The molecule has 1 aliphatic rings. The van der Waals surface area contributed by atoms with Gasteiger partial charge in [0.25, 0.3) is 0 Å². The average Bonchev–Trinajstić information content (AvgIpc) is 3.13. The number of hydrogen-bond acceptors (Lipinski definition) is 2. The molecule has 0 bridgehead atoms. The summed E-state index contributed by atoms with van der Waals surface area (Å²) in [4.78, 5) is 3.93. The Morgan fingerprint density at radius 1 is 1.32 bits per heavy atom. The van der Waals surface area contributed by atoms with Gasteiger partial charge in [0.2, 0.25) is 0 Å². The van der Waals surface area contributed by atoms with Crippen molar-refractivity contribution in [3.8, 4) is 0 Å². The van der Waals surface area contributed by atoms with Gasteiger partial charge in [0.1, 0.15) is 0 Å². The van der Waals surface area contributed by atoms with E-state index >= 15 is 0 Å². The molecule has 3 rings (SSSR count). The summed E-state index contributed by atoms with van der Waals surface area (Å²) in [6, 6.07) is 11.5. The molecule has 19 heavy (non-hydrogen) atoms. The summed E-state index contributed by atoms with van der Waals surface area (Å²) in [5.41, 5.74) is 2.44. The van der Waals surface area contributed by atoms with E-state index in [1.54, 1.807) is 0 Å². The summed E-state index contributed by atoms with van der Waals surface area (Å²) in [5.74, 6) is 0.551. The van der Waals surface area contributed by atoms with Crippen LogP contribution in [0.15, 0.2) is 40.2 Å². The number of hydrogen-bond donors (Lipinski definition) is 0. The highest BCUT2D eigenvalue weighted by molar-refractivity contribution is 9.10. The molecule has 0 N–H and O–H groups in total. The van der Waals surface area contributed by atoms with Gasteiger partial charge in [-0.1, -0.05) is 28.1 Å². The van der Waals surface area contributed by atoms with Crippen LogP contribution in [0, 0.1) is 0 Å². The Hall–Kier alpha value is -0.510. The second-order valence-electron chi connectivity index (χ2n) is 4.85. The van der Waals surface area contributed by atoms with Crippen molar-refractivity contribution in [3.05, 3.63) is 50.6 Å². The van der Waals surface area contributed by atoms with E-state index in [1.807, 2.05) is 11.3 Å². The highest BCUT2D eigenvalue weighted by Crippen LogP contribution is 2.35. The zero-order valence-electron chi connectivity index (χ0n) is 10.5. The zero-order valence-corrected chi connectivity index (χ0v) is 13.6. The van der Waals surface area contributed by atoms with Crippen LogP contribution in [0.4, 0.5) is 5.69 Å². The topological polar surface area (TPSA) is 3.24 Å². The molecule has 1 saturated carbocycles. The first-order valence-electron chi connectivity index (χ1n) is 6.41. The van der Waals surface area contributed by atoms with Gasteiger partial charge in [0, 0.05) is 27.0 Å².